The normalized spacial score (nSPS) is 11.7. The lowest BCUT2D eigenvalue weighted by Gasteiger charge is -1.94. The lowest BCUT2D eigenvalue weighted by molar-refractivity contribution is -0.525. The molecule has 3 N–H and O–H groups in total. The van der Waals surface area contributed by atoms with Crippen LogP contribution in [0.3, 0.4) is 0 Å². The van der Waals surface area contributed by atoms with E-state index in [0.29, 0.717) is 10.6 Å². The Morgan fingerprint density at radius 3 is 2.88 bits per heavy atom. The molecule has 0 unspecified atom stereocenters. The molecular weight excluding hydrogens is 234 g/mol. The average molecular weight is 242 g/mol. The molecule has 0 aliphatic heterocycles. The third kappa shape index (κ3) is 3.93. The summed E-state index contributed by atoms with van der Waals surface area (Å²) >= 11 is 5.83. The van der Waals surface area contributed by atoms with Crippen molar-refractivity contribution in [2.75, 3.05) is 0 Å². The van der Waals surface area contributed by atoms with Crippen LogP contribution in [0.25, 0.3) is 0 Å². The Hall–Kier alpha value is -2.15. The van der Waals surface area contributed by atoms with Crippen LogP contribution in [-0.2, 0) is 0 Å². The van der Waals surface area contributed by atoms with Gasteiger partial charge in [0.05, 0.1) is 6.21 Å². The molecule has 0 aromatic heterocycles. The van der Waals surface area contributed by atoms with E-state index in [9.17, 15) is 10.1 Å². The number of hydrazine groups is 1. The minimum Gasteiger partial charge on any atom is -0.364 e. The number of nitro groups is 1. The Morgan fingerprint density at radius 1 is 1.56 bits per heavy atom. The molecule has 0 aliphatic carbocycles. The van der Waals surface area contributed by atoms with E-state index in [1.807, 2.05) is 0 Å². The summed E-state index contributed by atoms with van der Waals surface area (Å²) in [5.41, 5.74) is 7.41. The number of guanidine groups is 1. The minimum absolute atomic E-state index is 0.409. The molecule has 0 fully saturated rings. The van der Waals surface area contributed by atoms with Crippen LogP contribution >= 0.6 is 11.6 Å². The van der Waals surface area contributed by atoms with E-state index in [1.54, 1.807) is 29.7 Å². The van der Waals surface area contributed by atoms with Gasteiger partial charge in [-0.25, -0.2) is 10.1 Å². The first-order valence-corrected chi connectivity index (χ1v) is 4.49. The van der Waals surface area contributed by atoms with Gasteiger partial charge in [0, 0.05) is 10.6 Å². The molecule has 0 aliphatic rings. The van der Waals surface area contributed by atoms with Crippen LogP contribution in [0.4, 0.5) is 0 Å². The molecule has 0 saturated heterocycles. The summed E-state index contributed by atoms with van der Waals surface area (Å²) in [6.07, 6.45) is 1.34. The third-order valence-corrected chi connectivity index (χ3v) is 1.82. The number of hydrogen-bond acceptors (Lipinski definition) is 4. The molecule has 0 radical (unpaired) electrons. The molecule has 0 amide bonds. The van der Waals surface area contributed by atoms with E-state index in [1.165, 1.54) is 6.21 Å². The SMILES string of the molecule is N/C(=N/N=Cc1ccccc1Cl)N[N+](=O)[O-]. The van der Waals surface area contributed by atoms with Crippen molar-refractivity contribution in [2.24, 2.45) is 15.9 Å². The molecule has 0 saturated carbocycles. The quantitative estimate of drug-likeness (QED) is 0.353. The molecule has 8 heteroatoms. The maximum atomic E-state index is 9.96. The van der Waals surface area contributed by atoms with Crippen LogP contribution in [0.1, 0.15) is 5.56 Å². The minimum atomic E-state index is -0.830. The lowest BCUT2D eigenvalue weighted by Crippen LogP contribution is -2.35. The number of nitrogens with one attached hydrogen (secondary N) is 1. The largest absolute Gasteiger partial charge is 0.364 e. The van der Waals surface area contributed by atoms with Gasteiger partial charge in [0.25, 0.3) is 5.96 Å². The highest BCUT2D eigenvalue weighted by atomic mass is 35.5. The maximum absolute atomic E-state index is 9.96. The fourth-order valence-corrected chi connectivity index (χ4v) is 1.03. The zero-order valence-corrected chi connectivity index (χ0v) is 8.76. The zero-order valence-electron chi connectivity index (χ0n) is 8.00. The van der Waals surface area contributed by atoms with Gasteiger partial charge in [-0.05, 0) is 6.07 Å². The van der Waals surface area contributed by atoms with Crippen molar-refractivity contribution in [3.8, 4) is 0 Å². The standard InChI is InChI=1S/C8H8ClN5O2/c9-7-4-2-1-3-6(7)5-11-12-8(10)13-14(15)16/h1-5H,(H3,10,12,13). The second-order valence-electron chi connectivity index (χ2n) is 2.62. The van der Waals surface area contributed by atoms with Crippen molar-refractivity contribution in [1.82, 2.24) is 5.43 Å². The Labute approximate surface area is 95.7 Å². The summed E-state index contributed by atoms with van der Waals surface area (Å²) < 4.78 is 0. The van der Waals surface area contributed by atoms with E-state index in [2.05, 4.69) is 10.2 Å². The van der Waals surface area contributed by atoms with Gasteiger partial charge >= 0.3 is 0 Å². The summed E-state index contributed by atoms with van der Waals surface area (Å²) in [7, 11) is 0. The Morgan fingerprint density at radius 2 is 2.25 bits per heavy atom. The Balaban J connectivity index is 2.68. The Bertz CT molecular complexity index is 446. The van der Waals surface area contributed by atoms with E-state index >= 15 is 0 Å². The van der Waals surface area contributed by atoms with Crippen LogP contribution in [0.2, 0.25) is 5.02 Å². The van der Waals surface area contributed by atoms with Gasteiger partial charge < -0.3 is 5.73 Å². The molecular formula is C8H8ClN5O2. The second kappa shape index (κ2) is 5.66. The maximum Gasteiger partial charge on any atom is 0.275 e. The van der Waals surface area contributed by atoms with Gasteiger partial charge in [0.1, 0.15) is 0 Å². The van der Waals surface area contributed by atoms with Crippen molar-refractivity contribution in [2.45, 2.75) is 0 Å². The number of rotatable bonds is 3. The van der Waals surface area contributed by atoms with E-state index < -0.39 is 11.0 Å². The lowest BCUT2D eigenvalue weighted by atomic mass is 10.2. The van der Waals surface area contributed by atoms with Crippen molar-refractivity contribution >= 4 is 23.8 Å². The molecule has 1 aromatic carbocycles. The zero-order chi connectivity index (χ0) is 12.0. The smallest absolute Gasteiger partial charge is 0.275 e. The van der Waals surface area contributed by atoms with E-state index in [4.69, 9.17) is 17.3 Å². The van der Waals surface area contributed by atoms with Gasteiger partial charge in [-0.3, -0.25) is 0 Å². The molecule has 1 rings (SSSR count). The number of halogens is 1. The molecule has 0 atom stereocenters. The van der Waals surface area contributed by atoms with Crippen molar-refractivity contribution in [1.29, 1.82) is 0 Å². The van der Waals surface area contributed by atoms with Gasteiger partial charge in [-0.1, -0.05) is 35.2 Å². The predicted octanol–water partition coefficient (Wildman–Crippen LogP) is 0.770. The Kier molecular flexibility index (Phi) is 4.22. The van der Waals surface area contributed by atoms with Gasteiger partial charge in [-0.2, -0.15) is 5.10 Å². The number of benzene rings is 1. The summed E-state index contributed by atoms with van der Waals surface area (Å²) in [5.74, 6) is -0.409. The summed E-state index contributed by atoms with van der Waals surface area (Å²) in [6.45, 7) is 0. The highest BCUT2D eigenvalue weighted by Crippen LogP contribution is 2.12. The van der Waals surface area contributed by atoms with Crippen LogP contribution in [0, 0.1) is 10.1 Å². The van der Waals surface area contributed by atoms with Crippen LogP contribution in [0.5, 0.6) is 0 Å². The highest BCUT2D eigenvalue weighted by Gasteiger charge is 1.97. The van der Waals surface area contributed by atoms with Gasteiger partial charge in [0.2, 0.25) is 0 Å². The molecule has 0 heterocycles. The van der Waals surface area contributed by atoms with Crippen LogP contribution < -0.4 is 11.2 Å². The van der Waals surface area contributed by atoms with Gasteiger partial charge in [0.15, 0.2) is 5.03 Å². The van der Waals surface area contributed by atoms with Crippen molar-refractivity contribution in [3.63, 3.8) is 0 Å². The molecule has 7 nitrogen and oxygen atoms in total. The fourth-order valence-electron chi connectivity index (χ4n) is 0.849. The van der Waals surface area contributed by atoms with Crippen LogP contribution in [0.15, 0.2) is 34.5 Å². The number of nitrogens with zero attached hydrogens (tertiary/aromatic N) is 3. The van der Waals surface area contributed by atoms with Crippen molar-refractivity contribution < 1.29 is 5.03 Å². The first-order valence-electron chi connectivity index (χ1n) is 4.11. The predicted molar refractivity (Wildman–Crippen MR) is 60.8 cm³/mol. The summed E-state index contributed by atoms with van der Waals surface area (Å²) in [6, 6.07) is 6.95. The number of hydrogen-bond donors (Lipinski definition) is 2. The topological polar surface area (TPSA) is 106 Å². The van der Waals surface area contributed by atoms with Crippen LogP contribution in [-0.4, -0.2) is 17.2 Å². The van der Waals surface area contributed by atoms with E-state index in [0.717, 1.165) is 0 Å². The van der Waals surface area contributed by atoms with Crippen molar-refractivity contribution in [3.05, 3.63) is 45.0 Å². The average Bonchev–Trinajstić information content (AvgIpc) is 2.19. The monoisotopic (exact) mass is 241 g/mol. The first kappa shape index (κ1) is 11.9. The molecule has 0 spiro atoms. The first-order chi connectivity index (χ1) is 7.59. The third-order valence-electron chi connectivity index (χ3n) is 1.47. The molecule has 0 bridgehead atoms. The highest BCUT2D eigenvalue weighted by molar-refractivity contribution is 6.33. The summed E-state index contributed by atoms with van der Waals surface area (Å²) in [4.78, 5) is 9.96. The molecule has 1 aromatic rings. The fraction of sp³-hybridized carbons (Fsp3) is 0. The summed E-state index contributed by atoms with van der Waals surface area (Å²) in [5, 5.41) is 16.5. The van der Waals surface area contributed by atoms with Gasteiger partial charge in [-0.15, -0.1) is 5.10 Å². The number of nitrogens with two attached hydrogens (primary N) is 1. The second-order valence-corrected chi connectivity index (χ2v) is 3.03. The molecule has 16 heavy (non-hydrogen) atoms. The molecule has 84 valence electrons. The van der Waals surface area contributed by atoms with E-state index in [-0.39, 0.29) is 0 Å².